The maximum Gasteiger partial charge on any atom is 0.312 e. The first-order valence-corrected chi connectivity index (χ1v) is 5.45. The van der Waals surface area contributed by atoms with Crippen LogP contribution in [0.1, 0.15) is 13.8 Å². The Balaban J connectivity index is 2.61. The standard InChI is InChI=1S/C10H19N3O3/c1-7(2)8(12-10(11)15)9(14)13-3-5-16-6-4-13/h7-8H,3-6H2,1-2H3,(H3,11,12,15)/t8-/m1/s1. The van der Waals surface area contributed by atoms with Crippen LogP contribution in [0.4, 0.5) is 4.79 Å². The van der Waals surface area contributed by atoms with Gasteiger partial charge in [0.15, 0.2) is 0 Å². The molecule has 1 aliphatic heterocycles. The van der Waals surface area contributed by atoms with Gasteiger partial charge in [0.2, 0.25) is 5.91 Å². The molecule has 0 bridgehead atoms. The summed E-state index contributed by atoms with van der Waals surface area (Å²) in [5, 5.41) is 2.48. The molecule has 16 heavy (non-hydrogen) atoms. The van der Waals surface area contributed by atoms with Gasteiger partial charge in [-0.15, -0.1) is 0 Å². The number of urea groups is 1. The Morgan fingerprint density at radius 2 is 1.88 bits per heavy atom. The molecule has 0 aromatic rings. The fraction of sp³-hybridized carbons (Fsp3) is 0.800. The van der Waals surface area contributed by atoms with Gasteiger partial charge in [0, 0.05) is 13.1 Å². The van der Waals surface area contributed by atoms with E-state index < -0.39 is 12.1 Å². The fourth-order valence-electron chi connectivity index (χ4n) is 1.65. The van der Waals surface area contributed by atoms with Crippen molar-refractivity contribution < 1.29 is 14.3 Å². The number of nitrogens with two attached hydrogens (primary N) is 1. The number of rotatable bonds is 3. The first kappa shape index (κ1) is 12.8. The minimum absolute atomic E-state index is 0.0165. The highest BCUT2D eigenvalue weighted by Gasteiger charge is 2.28. The van der Waals surface area contributed by atoms with E-state index in [-0.39, 0.29) is 11.8 Å². The molecule has 6 heteroatoms. The van der Waals surface area contributed by atoms with Gasteiger partial charge in [0.1, 0.15) is 6.04 Å². The van der Waals surface area contributed by atoms with Crippen LogP contribution in [0.2, 0.25) is 0 Å². The molecule has 1 heterocycles. The van der Waals surface area contributed by atoms with Gasteiger partial charge in [-0.1, -0.05) is 13.8 Å². The number of primary amides is 1. The highest BCUT2D eigenvalue weighted by Crippen LogP contribution is 2.08. The SMILES string of the molecule is CC(C)[C@@H](NC(N)=O)C(=O)N1CCOCC1. The Morgan fingerprint density at radius 1 is 1.31 bits per heavy atom. The fourth-order valence-corrected chi connectivity index (χ4v) is 1.65. The van der Waals surface area contributed by atoms with Crippen LogP contribution >= 0.6 is 0 Å². The van der Waals surface area contributed by atoms with Gasteiger partial charge in [-0.25, -0.2) is 4.79 Å². The minimum atomic E-state index is -0.666. The lowest BCUT2D eigenvalue weighted by molar-refractivity contribution is -0.138. The van der Waals surface area contributed by atoms with Crippen LogP contribution in [0.3, 0.4) is 0 Å². The van der Waals surface area contributed by atoms with Crippen molar-refractivity contribution in [2.24, 2.45) is 11.7 Å². The van der Waals surface area contributed by atoms with Crippen molar-refractivity contribution in [3.8, 4) is 0 Å². The molecule has 0 radical (unpaired) electrons. The molecule has 3 amide bonds. The molecule has 92 valence electrons. The van der Waals surface area contributed by atoms with E-state index in [1.807, 2.05) is 13.8 Å². The zero-order chi connectivity index (χ0) is 12.1. The van der Waals surface area contributed by atoms with Crippen molar-refractivity contribution in [1.82, 2.24) is 10.2 Å². The number of morpholine rings is 1. The predicted molar refractivity (Wildman–Crippen MR) is 58.7 cm³/mol. The summed E-state index contributed by atoms with van der Waals surface area (Å²) >= 11 is 0. The van der Waals surface area contributed by atoms with Crippen molar-refractivity contribution in [1.29, 1.82) is 0 Å². The van der Waals surface area contributed by atoms with Crippen molar-refractivity contribution >= 4 is 11.9 Å². The smallest absolute Gasteiger partial charge is 0.312 e. The van der Waals surface area contributed by atoms with Crippen LogP contribution in [0.5, 0.6) is 0 Å². The van der Waals surface area contributed by atoms with Gasteiger partial charge in [0.25, 0.3) is 0 Å². The summed E-state index contributed by atoms with van der Waals surface area (Å²) in [6.07, 6.45) is 0. The first-order valence-electron chi connectivity index (χ1n) is 5.45. The second-order valence-corrected chi connectivity index (χ2v) is 4.17. The monoisotopic (exact) mass is 229 g/mol. The second kappa shape index (κ2) is 5.69. The molecular weight excluding hydrogens is 210 g/mol. The molecule has 0 aliphatic carbocycles. The quantitative estimate of drug-likeness (QED) is 0.686. The number of carbonyl (C=O) groups excluding carboxylic acids is 2. The highest BCUT2D eigenvalue weighted by atomic mass is 16.5. The molecule has 0 saturated carbocycles. The molecule has 0 aromatic carbocycles. The van der Waals surface area contributed by atoms with Crippen molar-refractivity contribution in [3.05, 3.63) is 0 Å². The highest BCUT2D eigenvalue weighted by molar-refractivity contribution is 5.86. The third kappa shape index (κ3) is 3.37. The summed E-state index contributed by atoms with van der Waals surface area (Å²) in [7, 11) is 0. The van der Waals surface area contributed by atoms with Crippen LogP contribution in [0.15, 0.2) is 0 Å². The van der Waals surface area contributed by atoms with E-state index >= 15 is 0 Å². The van der Waals surface area contributed by atoms with Gasteiger partial charge in [-0.05, 0) is 5.92 Å². The number of nitrogens with zero attached hydrogens (tertiary/aromatic N) is 1. The Kier molecular flexibility index (Phi) is 4.54. The van der Waals surface area contributed by atoms with Crippen LogP contribution in [-0.2, 0) is 9.53 Å². The average Bonchev–Trinajstić information content (AvgIpc) is 2.25. The summed E-state index contributed by atoms with van der Waals surface area (Å²) in [6.45, 7) is 5.99. The van der Waals surface area contributed by atoms with E-state index in [1.54, 1.807) is 4.90 Å². The molecule has 1 saturated heterocycles. The third-order valence-corrected chi connectivity index (χ3v) is 2.55. The Bertz CT molecular complexity index is 262. The maximum atomic E-state index is 12.1. The normalized spacial score (nSPS) is 18.3. The average molecular weight is 229 g/mol. The topological polar surface area (TPSA) is 84.7 Å². The zero-order valence-electron chi connectivity index (χ0n) is 9.73. The van der Waals surface area contributed by atoms with Crippen molar-refractivity contribution in [2.75, 3.05) is 26.3 Å². The Labute approximate surface area is 95.1 Å². The van der Waals surface area contributed by atoms with E-state index in [2.05, 4.69) is 5.32 Å². The van der Waals surface area contributed by atoms with E-state index in [4.69, 9.17) is 10.5 Å². The van der Waals surface area contributed by atoms with E-state index in [1.165, 1.54) is 0 Å². The van der Waals surface area contributed by atoms with E-state index in [9.17, 15) is 9.59 Å². The van der Waals surface area contributed by atoms with Crippen molar-refractivity contribution in [2.45, 2.75) is 19.9 Å². The molecule has 3 N–H and O–H groups in total. The van der Waals surface area contributed by atoms with Gasteiger partial charge in [0.05, 0.1) is 13.2 Å². The Hall–Kier alpha value is -1.30. The van der Waals surface area contributed by atoms with E-state index in [0.717, 1.165) is 0 Å². The number of hydrogen-bond acceptors (Lipinski definition) is 3. The molecule has 6 nitrogen and oxygen atoms in total. The molecule has 1 atom stereocenters. The van der Waals surface area contributed by atoms with Gasteiger partial charge in [-0.2, -0.15) is 0 Å². The number of ether oxygens (including phenoxy) is 1. The van der Waals surface area contributed by atoms with Crippen LogP contribution in [0.25, 0.3) is 0 Å². The van der Waals surface area contributed by atoms with Gasteiger partial charge < -0.3 is 20.7 Å². The lowest BCUT2D eigenvalue weighted by Gasteiger charge is -2.31. The van der Waals surface area contributed by atoms with Gasteiger partial charge in [-0.3, -0.25) is 4.79 Å². The number of nitrogens with one attached hydrogen (secondary N) is 1. The van der Waals surface area contributed by atoms with Crippen LogP contribution in [-0.4, -0.2) is 49.2 Å². The predicted octanol–water partition coefficient (Wildman–Crippen LogP) is -0.462. The molecule has 0 aromatic heterocycles. The molecule has 0 unspecified atom stereocenters. The summed E-state index contributed by atoms with van der Waals surface area (Å²) in [5.74, 6) is -0.0695. The largest absolute Gasteiger partial charge is 0.378 e. The maximum absolute atomic E-state index is 12.1. The molecule has 1 rings (SSSR count). The van der Waals surface area contributed by atoms with Crippen molar-refractivity contribution in [3.63, 3.8) is 0 Å². The summed E-state index contributed by atoms with van der Waals surface area (Å²) < 4.78 is 5.17. The zero-order valence-corrected chi connectivity index (χ0v) is 9.73. The van der Waals surface area contributed by atoms with Crippen LogP contribution in [0, 0.1) is 5.92 Å². The lowest BCUT2D eigenvalue weighted by Crippen LogP contribution is -2.54. The number of carbonyl (C=O) groups is 2. The minimum Gasteiger partial charge on any atom is -0.378 e. The van der Waals surface area contributed by atoms with E-state index in [0.29, 0.717) is 26.3 Å². The molecular formula is C10H19N3O3. The van der Waals surface area contributed by atoms with Gasteiger partial charge >= 0.3 is 6.03 Å². The Morgan fingerprint density at radius 3 is 2.31 bits per heavy atom. The van der Waals surface area contributed by atoms with Crippen LogP contribution < -0.4 is 11.1 Å². The third-order valence-electron chi connectivity index (χ3n) is 2.55. The summed E-state index contributed by atoms with van der Waals surface area (Å²) in [4.78, 5) is 24.6. The molecule has 1 aliphatic rings. The second-order valence-electron chi connectivity index (χ2n) is 4.17. The summed E-state index contributed by atoms with van der Waals surface area (Å²) in [6, 6.07) is -1.21. The number of amides is 3. The first-order chi connectivity index (χ1) is 7.52. The molecule has 0 spiro atoms. The summed E-state index contributed by atoms with van der Waals surface area (Å²) in [5.41, 5.74) is 5.05. The molecule has 1 fully saturated rings. The lowest BCUT2D eigenvalue weighted by atomic mass is 10.0. The number of hydrogen-bond donors (Lipinski definition) is 2.